The molecule has 0 aliphatic carbocycles. The summed E-state index contributed by atoms with van der Waals surface area (Å²) >= 11 is 0. The maximum atomic E-state index is 14.8. The van der Waals surface area contributed by atoms with E-state index in [4.69, 9.17) is 4.74 Å². The Balaban J connectivity index is 2.01. The van der Waals surface area contributed by atoms with Gasteiger partial charge in [0.2, 0.25) is 5.75 Å². The molecule has 174 valence electrons. The first-order valence-corrected chi connectivity index (χ1v) is 10.3. The van der Waals surface area contributed by atoms with E-state index in [1.54, 1.807) is 37.3 Å². The van der Waals surface area contributed by atoms with Crippen LogP contribution in [0.4, 0.5) is 19.3 Å². The van der Waals surface area contributed by atoms with Crippen LogP contribution in [0.2, 0.25) is 0 Å². The van der Waals surface area contributed by atoms with Crippen molar-refractivity contribution < 1.29 is 28.3 Å². The van der Waals surface area contributed by atoms with Gasteiger partial charge in [-0.3, -0.25) is 10.1 Å². The van der Waals surface area contributed by atoms with E-state index in [9.17, 15) is 28.8 Å². The highest BCUT2D eigenvalue weighted by molar-refractivity contribution is 6.03. The summed E-state index contributed by atoms with van der Waals surface area (Å²) in [5.74, 6) is -2.46. The molecule has 0 saturated carbocycles. The van der Waals surface area contributed by atoms with E-state index in [0.717, 1.165) is 12.1 Å². The number of nitrogens with zero attached hydrogens (tertiary/aromatic N) is 1. The van der Waals surface area contributed by atoms with Crippen molar-refractivity contribution in [2.24, 2.45) is 0 Å². The van der Waals surface area contributed by atoms with Gasteiger partial charge in [-0.25, -0.2) is 13.6 Å². The molecule has 2 amide bonds. The molecule has 1 unspecified atom stereocenters. The van der Waals surface area contributed by atoms with E-state index >= 15 is 0 Å². The van der Waals surface area contributed by atoms with Crippen molar-refractivity contribution in [3.8, 4) is 11.5 Å². The summed E-state index contributed by atoms with van der Waals surface area (Å²) in [6.07, 6.45) is 0. The molecule has 1 atom stereocenters. The molecular formula is C24H19F2N3O5. The quantitative estimate of drug-likeness (QED) is 0.353. The molecule has 34 heavy (non-hydrogen) atoms. The second kappa shape index (κ2) is 9.18. The number of halogens is 2. The van der Waals surface area contributed by atoms with Crippen molar-refractivity contribution in [3.05, 3.63) is 99.1 Å². The summed E-state index contributed by atoms with van der Waals surface area (Å²) in [5.41, 5.74) is 0.586. The van der Waals surface area contributed by atoms with Crippen LogP contribution in [0.5, 0.6) is 11.5 Å². The van der Waals surface area contributed by atoms with Crippen LogP contribution < -0.4 is 15.4 Å². The Bertz CT molecular complexity index is 1310. The van der Waals surface area contributed by atoms with Crippen LogP contribution in [0.15, 0.2) is 60.7 Å². The van der Waals surface area contributed by atoms with E-state index in [1.807, 2.05) is 0 Å². The largest absolute Gasteiger partial charge is 0.500 e. The molecule has 0 saturated heterocycles. The van der Waals surface area contributed by atoms with Crippen LogP contribution in [-0.2, 0) is 0 Å². The minimum Gasteiger partial charge on any atom is -0.500 e. The number of ether oxygens (including phenoxy) is 1. The number of hydrogen-bond acceptors (Lipinski definition) is 5. The number of nitrogens with one attached hydrogen (secondary N) is 2. The van der Waals surface area contributed by atoms with Gasteiger partial charge in [0.05, 0.1) is 23.3 Å². The zero-order chi connectivity index (χ0) is 24.4. The molecule has 1 aliphatic heterocycles. The van der Waals surface area contributed by atoms with Crippen LogP contribution in [0, 0.1) is 21.7 Å². The van der Waals surface area contributed by atoms with Gasteiger partial charge in [0.15, 0.2) is 5.75 Å². The molecule has 0 spiro atoms. The SMILES string of the molecule is CCOc1cc(C2NC(=O)NC(c3ccc(F)cc3F)=C2c2ccccc2)cc([N+](=O)[O-])c1O. The van der Waals surface area contributed by atoms with Crippen LogP contribution >= 0.6 is 0 Å². The van der Waals surface area contributed by atoms with Crippen molar-refractivity contribution in [2.45, 2.75) is 13.0 Å². The molecule has 0 bridgehead atoms. The highest BCUT2D eigenvalue weighted by Crippen LogP contribution is 2.44. The third-order valence-corrected chi connectivity index (χ3v) is 5.26. The number of hydrogen-bond donors (Lipinski definition) is 3. The van der Waals surface area contributed by atoms with E-state index in [2.05, 4.69) is 10.6 Å². The lowest BCUT2D eigenvalue weighted by Crippen LogP contribution is -2.43. The van der Waals surface area contributed by atoms with Crippen molar-refractivity contribution in [2.75, 3.05) is 6.61 Å². The van der Waals surface area contributed by atoms with Gasteiger partial charge in [-0.15, -0.1) is 0 Å². The maximum absolute atomic E-state index is 14.8. The third-order valence-electron chi connectivity index (χ3n) is 5.26. The van der Waals surface area contributed by atoms with Gasteiger partial charge in [0.25, 0.3) is 0 Å². The van der Waals surface area contributed by atoms with Gasteiger partial charge in [0, 0.05) is 23.3 Å². The zero-order valence-corrected chi connectivity index (χ0v) is 17.8. The number of carbonyl (C=O) groups excluding carboxylic acids is 1. The molecule has 3 aromatic carbocycles. The number of phenols is 1. The molecule has 1 heterocycles. The highest BCUT2D eigenvalue weighted by atomic mass is 19.1. The molecular weight excluding hydrogens is 448 g/mol. The Kier molecular flexibility index (Phi) is 6.13. The van der Waals surface area contributed by atoms with Gasteiger partial charge in [-0.2, -0.15) is 0 Å². The predicted molar refractivity (Wildman–Crippen MR) is 120 cm³/mol. The first-order chi connectivity index (χ1) is 16.3. The van der Waals surface area contributed by atoms with Crippen LogP contribution in [0.1, 0.15) is 29.7 Å². The number of rotatable bonds is 6. The standard InChI is InChI=1S/C24H19F2N3O5/c1-2-34-19-11-14(10-18(23(19)30)29(32)33)21-20(13-6-4-3-5-7-13)22(28-24(31)27-21)16-9-8-15(25)12-17(16)26/h3-12,21,30H,2H2,1H3,(H2,27,28,31). The van der Waals surface area contributed by atoms with E-state index < -0.39 is 40.1 Å². The fraction of sp³-hybridized carbons (Fsp3) is 0.125. The normalized spacial score (nSPS) is 15.5. The van der Waals surface area contributed by atoms with E-state index in [1.165, 1.54) is 12.1 Å². The summed E-state index contributed by atoms with van der Waals surface area (Å²) in [4.78, 5) is 23.4. The molecule has 3 N–H and O–H groups in total. The predicted octanol–water partition coefficient (Wildman–Crippen LogP) is 4.90. The zero-order valence-electron chi connectivity index (χ0n) is 17.8. The number of carbonyl (C=O) groups is 1. The molecule has 4 rings (SSSR count). The number of urea groups is 1. The first kappa shape index (κ1) is 22.7. The minimum absolute atomic E-state index is 0.0570. The Labute approximate surface area is 192 Å². The van der Waals surface area contributed by atoms with Gasteiger partial charge in [-0.1, -0.05) is 30.3 Å². The molecule has 3 aromatic rings. The Hall–Kier alpha value is -4.47. The van der Waals surface area contributed by atoms with Gasteiger partial charge in [-0.05, 0) is 36.2 Å². The molecule has 0 radical (unpaired) electrons. The Morgan fingerprint density at radius 1 is 1.12 bits per heavy atom. The van der Waals surface area contributed by atoms with Crippen molar-refractivity contribution in [1.29, 1.82) is 0 Å². The Morgan fingerprint density at radius 2 is 1.85 bits per heavy atom. The summed E-state index contributed by atoms with van der Waals surface area (Å²) in [7, 11) is 0. The van der Waals surface area contributed by atoms with Gasteiger partial charge < -0.3 is 20.5 Å². The van der Waals surface area contributed by atoms with Crippen LogP contribution in [0.3, 0.4) is 0 Å². The molecule has 0 fully saturated rings. The maximum Gasteiger partial charge on any atom is 0.320 e. The average Bonchev–Trinajstić information content (AvgIpc) is 2.80. The topological polar surface area (TPSA) is 114 Å². The summed E-state index contributed by atoms with van der Waals surface area (Å²) in [6, 6.07) is 12.5. The number of benzene rings is 3. The fourth-order valence-corrected chi connectivity index (χ4v) is 3.83. The van der Waals surface area contributed by atoms with Gasteiger partial charge in [0.1, 0.15) is 11.6 Å². The van der Waals surface area contributed by atoms with Crippen molar-refractivity contribution in [1.82, 2.24) is 10.6 Å². The van der Waals surface area contributed by atoms with Crippen molar-refractivity contribution in [3.63, 3.8) is 0 Å². The second-order valence-electron chi connectivity index (χ2n) is 7.39. The molecule has 1 aliphatic rings. The van der Waals surface area contributed by atoms with Crippen molar-refractivity contribution >= 4 is 23.0 Å². The molecule has 0 aromatic heterocycles. The van der Waals surface area contributed by atoms with Crippen LogP contribution in [-0.4, -0.2) is 22.7 Å². The Morgan fingerprint density at radius 3 is 2.50 bits per heavy atom. The van der Waals surface area contributed by atoms with Gasteiger partial charge >= 0.3 is 11.7 Å². The lowest BCUT2D eigenvalue weighted by atomic mass is 9.87. The first-order valence-electron chi connectivity index (χ1n) is 10.3. The summed E-state index contributed by atoms with van der Waals surface area (Å²) in [6.45, 7) is 1.77. The number of nitro benzene ring substituents is 1. The smallest absolute Gasteiger partial charge is 0.320 e. The fourth-order valence-electron chi connectivity index (χ4n) is 3.83. The van der Waals surface area contributed by atoms with E-state index in [0.29, 0.717) is 17.2 Å². The summed E-state index contributed by atoms with van der Waals surface area (Å²) in [5, 5.41) is 27.1. The molecule has 8 nitrogen and oxygen atoms in total. The van der Waals surface area contributed by atoms with Crippen LogP contribution in [0.25, 0.3) is 11.3 Å². The monoisotopic (exact) mass is 467 g/mol. The number of amides is 2. The third kappa shape index (κ3) is 4.25. The lowest BCUT2D eigenvalue weighted by molar-refractivity contribution is -0.386. The highest BCUT2D eigenvalue weighted by Gasteiger charge is 2.33. The number of nitro groups is 1. The number of phenolic OH excluding ortho intramolecular Hbond substituents is 1. The second-order valence-corrected chi connectivity index (χ2v) is 7.39. The minimum atomic E-state index is -0.992. The lowest BCUT2D eigenvalue weighted by Gasteiger charge is -2.31. The summed E-state index contributed by atoms with van der Waals surface area (Å²) < 4.78 is 33.7. The number of aromatic hydroxyl groups is 1. The van der Waals surface area contributed by atoms with E-state index in [-0.39, 0.29) is 29.2 Å². The average molecular weight is 467 g/mol. The molecule has 10 heteroatoms.